The van der Waals surface area contributed by atoms with Gasteiger partial charge in [-0.05, 0) is 25.7 Å². The van der Waals surface area contributed by atoms with E-state index in [9.17, 15) is 43.2 Å². The molecule has 0 amide bonds. The van der Waals surface area contributed by atoms with Crippen molar-refractivity contribution in [1.29, 1.82) is 0 Å². The number of rotatable bonds is 44. The molecule has 0 bridgehead atoms. The van der Waals surface area contributed by atoms with Crippen molar-refractivity contribution in [3.05, 3.63) is 0 Å². The van der Waals surface area contributed by atoms with E-state index < -0.39 is 97.5 Å². The molecule has 2 unspecified atom stereocenters. The Hall–Kier alpha value is -1.94. The first kappa shape index (κ1) is 60.1. The standard InChI is InChI=1S/C43H82O17P2/c1-5-9-13-16-17-18-19-20-21-22-26-30-43(48)60-39(34-54-41(46)28-25-15-11-7-3)36-58-62(51,52)56-32-37(44)31-55-61(49,50)57-35-38(59-42(47)29-23-12-8-4)33-53-40(45)27-24-14-10-6-2/h37-39,44H,5-36H2,1-4H3,(H,49,50)(H,51,52)/t37-,38+,39+/m0/s1. The molecule has 0 heterocycles. The fourth-order valence-electron chi connectivity index (χ4n) is 5.92. The van der Waals surface area contributed by atoms with Crippen molar-refractivity contribution in [2.45, 2.75) is 213 Å². The van der Waals surface area contributed by atoms with Crippen LogP contribution in [0.2, 0.25) is 0 Å². The van der Waals surface area contributed by atoms with Crippen molar-refractivity contribution in [2.75, 3.05) is 39.6 Å². The maximum absolute atomic E-state index is 12.7. The van der Waals surface area contributed by atoms with Crippen LogP contribution in [0.25, 0.3) is 0 Å². The average Bonchev–Trinajstić information content (AvgIpc) is 3.23. The van der Waals surface area contributed by atoms with Crippen molar-refractivity contribution >= 4 is 39.5 Å². The Morgan fingerprint density at radius 3 is 1.00 bits per heavy atom. The highest BCUT2D eigenvalue weighted by Crippen LogP contribution is 2.45. The number of aliphatic hydroxyl groups is 1. The molecule has 0 aliphatic rings. The molecule has 0 rings (SSSR count). The maximum atomic E-state index is 12.7. The van der Waals surface area contributed by atoms with Crippen LogP contribution in [0, 0.1) is 0 Å². The van der Waals surface area contributed by atoms with Crippen LogP contribution in [0.1, 0.15) is 195 Å². The second kappa shape index (κ2) is 39.4. The van der Waals surface area contributed by atoms with Crippen molar-refractivity contribution in [1.82, 2.24) is 0 Å². The number of aliphatic hydroxyl groups excluding tert-OH is 1. The van der Waals surface area contributed by atoms with Gasteiger partial charge < -0.3 is 33.8 Å². The Bertz CT molecular complexity index is 1250. The molecule has 366 valence electrons. The monoisotopic (exact) mass is 933 g/mol. The number of phosphoric ester groups is 2. The molecule has 5 atom stereocenters. The summed E-state index contributed by atoms with van der Waals surface area (Å²) in [6.45, 7) is 4.27. The number of ether oxygens (including phenoxy) is 4. The molecule has 62 heavy (non-hydrogen) atoms. The third kappa shape index (κ3) is 38.5. The topological polar surface area (TPSA) is 237 Å². The molecule has 0 spiro atoms. The number of hydrogen-bond donors (Lipinski definition) is 3. The molecule has 0 radical (unpaired) electrons. The number of phosphoric acid groups is 2. The molecule has 19 heteroatoms. The van der Waals surface area contributed by atoms with Crippen LogP contribution < -0.4 is 0 Å². The average molecular weight is 933 g/mol. The van der Waals surface area contributed by atoms with Crippen molar-refractivity contribution in [3.63, 3.8) is 0 Å². The largest absolute Gasteiger partial charge is 0.472 e. The van der Waals surface area contributed by atoms with E-state index in [2.05, 4.69) is 6.92 Å². The molecule has 17 nitrogen and oxygen atoms in total. The molecular formula is C43H82O17P2. The van der Waals surface area contributed by atoms with Crippen LogP contribution >= 0.6 is 15.6 Å². The van der Waals surface area contributed by atoms with Crippen molar-refractivity contribution in [3.8, 4) is 0 Å². The van der Waals surface area contributed by atoms with Gasteiger partial charge in [-0.25, -0.2) is 9.13 Å². The predicted molar refractivity (Wildman–Crippen MR) is 234 cm³/mol. The second-order valence-electron chi connectivity index (χ2n) is 15.7. The first-order valence-electron chi connectivity index (χ1n) is 23.3. The van der Waals surface area contributed by atoms with Crippen LogP contribution in [0.3, 0.4) is 0 Å². The van der Waals surface area contributed by atoms with Gasteiger partial charge in [0.15, 0.2) is 12.2 Å². The summed E-state index contributed by atoms with van der Waals surface area (Å²) >= 11 is 0. The zero-order chi connectivity index (χ0) is 46.3. The Balaban J connectivity index is 5.02. The highest BCUT2D eigenvalue weighted by atomic mass is 31.2. The lowest BCUT2D eigenvalue weighted by Crippen LogP contribution is -2.30. The molecule has 0 saturated heterocycles. The summed E-state index contributed by atoms with van der Waals surface area (Å²) in [4.78, 5) is 70.0. The predicted octanol–water partition coefficient (Wildman–Crippen LogP) is 9.75. The number of carbonyl (C=O) groups excluding carboxylic acids is 4. The van der Waals surface area contributed by atoms with Crippen LogP contribution in [-0.2, 0) is 65.4 Å². The van der Waals surface area contributed by atoms with E-state index in [0.717, 1.165) is 77.0 Å². The first-order chi connectivity index (χ1) is 29.7. The van der Waals surface area contributed by atoms with Crippen LogP contribution in [-0.4, -0.2) is 96.7 Å². The highest BCUT2D eigenvalue weighted by molar-refractivity contribution is 7.47. The summed E-state index contributed by atoms with van der Waals surface area (Å²) in [7, 11) is -9.80. The zero-order valence-corrected chi connectivity index (χ0v) is 40.1. The quantitative estimate of drug-likeness (QED) is 0.0223. The molecule has 0 aliphatic carbocycles. The Labute approximate surface area is 371 Å². The summed E-state index contributed by atoms with van der Waals surface area (Å²) in [5.41, 5.74) is 0. The summed E-state index contributed by atoms with van der Waals surface area (Å²) in [5.74, 6) is -2.22. The minimum absolute atomic E-state index is 0.0884. The minimum atomic E-state index is -4.91. The molecule has 0 saturated carbocycles. The first-order valence-corrected chi connectivity index (χ1v) is 26.3. The number of unbranched alkanes of at least 4 members (excludes halogenated alkanes) is 18. The van der Waals surface area contributed by atoms with E-state index in [4.69, 9.17) is 37.0 Å². The third-order valence-corrected chi connectivity index (χ3v) is 11.5. The van der Waals surface area contributed by atoms with Crippen molar-refractivity contribution in [2.24, 2.45) is 0 Å². The fraction of sp³-hybridized carbons (Fsp3) is 0.907. The van der Waals surface area contributed by atoms with Gasteiger partial charge in [0, 0.05) is 25.7 Å². The van der Waals surface area contributed by atoms with Gasteiger partial charge in [-0.1, -0.05) is 143 Å². The Kier molecular flexibility index (Phi) is 38.2. The van der Waals surface area contributed by atoms with Gasteiger partial charge in [0.2, 0.25) is 0 Å². The second-order valence-corrected chi connectivity index (χ2v) is 18.6. The highest BCUT2D eigenvalue weighted by Gasteiger charge is 2.30. The van der Waals surface area contributed by atoms with Gasteiger partial charge in [-0.15, -0.1) is 0 Å². The lowest BCUT2D eigenvalue weighted by molar-refractivity contribution is -0.161. The van der Waals surface area contributed by atoms with Gasteiger partial charge in [-0.3, -0.25) is 37.3 Å². The zero-order valence-electron chi connectivity index (χ0n) is 38.3. The van der Waals surface area contributed by atoms with E-state index in [0.29, 0.717) is 25.7 Å². The SMILES string of the molecule is CCCCCCCCCCCCCC(=O)O[C@H](COC(=O)CCCCCC)COP(=O)(O)OC[C@@H](O)COP(=O)(O)OC[C@@H](COC(=O)CCCCCC)OC(=O)CCCCC. The molecule has 0 aliphatic heterocycles. The number of carbonyl (C=O) groups is 4. The van der Waals surface area contributed by atoms with Crippen molar-refractivity contribution < 1.29 is 80.2 Å². The Morgan fingerprint density at radius 2 is 0.645 bits per heavy atom. The maximum Gasteiger partial charge on any atom is 0.472 e. The fourth-order valence-corrected chi connectivity index (χ4v) is 7.50. The summed E-state index contributed by atoms with van der Waals surface area (Å²) < 4.78 is 66.1. The third-order valence-electron chi connectivity index (χ3n) is 9.60. The molecule has 3 N–H and O–H groups in total. The molecule has 0 aromatic heterocycles. The molecule has 0 aromatic rings. The number of hydrogen-bond acceptors (Lipinski definition) is 15. The molecular weight excluding hydrogens is 850 g/mol. The summed E-state index contributed by atoms with van der Waals surface area (Å²) in [6.07, 6.45) is 17.6. The van der Waals surface area contributed by atoms with E-state index >= 15 is 0 Å². The molecule has 0 aromatic carbocycles. The van der Waals surface area contributed by atoms with Crippen LogP contribution in [0.15, 0.2) is 0 Å². The van der Waals surface area contributed by atoms with E-state index in [-0.39, 0.29) is 25.7 Å². The van der Waals surface area contributed by atoms with E-state index in [1.54, 1.807) is 0 Å². The summed E-state index contributed by atoms with van der Waals surface area (Å²) in [5, 5.41) is 10.3. The lowest BCUT2D eigenvalue weighted by atomic mass is 10.1. The smallest absolute Gasteiger partial charge is 0.462 e. The van der Waals surface area contributed by atoms with E-state index in [1.165, 1.54) is 38.5 Å². The van der Waals surface area contributed by atoms with E-state index in [1.807, 2.05) is 20.8 Å². The molecule has 0 fully saturated rings. The minimum Gasteiger partial charge on any atom is -0.462 e. The Morgan fingerprint density at radius 1 is 0.387 bits per heavy atom. The van der Waals surface area contributed by atoms with Crippen LogP contribution in [0.5, 0.6) is 0 Å². The van der Waals surface area contributed by atoms with Gasteiger partial charge in [-0.2, -0.15) is 0 Å². The lowest BCUT2D eigenvalue weighted by Gasteiger charge is -2.21. The van der Waals surface area contributed by atoms with Crippen LogP contribution in [0.4, 0.5) is 0 Å². The summed E-state index contributed by atoms with van der Waals surface area (Å²) in [6, 6.07) is 0. The normalized spacial score (nSPS) is 14.9. The van der Waals surface area contributed by atoms with Gasteiger partial charge in [0.25, 0.3) is 0 Å². The van der Waals surface area contributed by atoms with Gasteiger partial charge in [0.05, 0.1) is 26.4 Å². The number of esters is 4. The van der Waals surface area contributed by atoms with Gasteiger partial charge in [0.1, 0.15) is 19.3 Å². The van der Waals surface area contributed by atoms with Gasteiger partial charge >= 0.3 is 39.5 Å².